The summed E-state index contributed by atoms with van der Waals surface area (Å²) in [6.07, 6.45) is 0. The molecule has 2 aliphatic carbocycles. The number of hydrogen-bond donors (Lipinski definition) is 0. The average molecular weight is 893 g/mol. The molecule has 2 heteroatoms. The van der Waals surface area contributed by atoms with Crippen LogP contribution in [0, 0.1) is 0 Å². The third-order valence-corrected chi connectivity index (χ3v) is 16.5. The van der Waals surface area contributed by atoms with E-state index >= 15 is 0 Å². The van der Waals surface area contributed by atoms with E-state index in [9.17, 15) is 0 Å². The van der Waals surface area contributed by atoms with Crippen LogP contribution in [-0.2, 0) is 10.8 Å². The molecule has 11 aromatic carbocycles. The lowest BCUT2D eigenvalue weighted by molar-refractivity contribution is 0.652. The van der Waals surface area contributed by atoms with Crippen molar-refractivity contribution in [1.29, 1.82) is 0 Å². The van der Waals surface area contributed by atoms with Gasteiger partial charge in [-0.2, -0.15) is 0 Å². The molecule has 2 heterocycles. The molecule has 0 bridgehead atoms. The van der Waals surface area contributed by atoms with E-state index in [1.54, 1.807) is 0 Å². The molecule has 0 N–H and O–H groups in total. The maximum atomic E-state index is 2.54. The van der Waals surface area contributed by atoms with Gasteiger partial charge >= 0.3 is 0 Å². The second-order valence-electron chi connectivity index (χ2n) is 20.9. The molecule has 0 saturated carbocycles. The fourth-order valence-corrected chi connectivity index (χ4v) is 12.8. The number of nitrogens with zero attached hydrogens (tertiary/aromatic N) is 2. The van der Waals surface area contributed by atoms with Crippen LogP contribution in [0.3, 0.4) is 0 Å². The maximum absolute atomic E-state index is 2.54. The molecule has 0 fully saturated rings. The number of aromatic nitrogens is 2. The van der Waals surface area contributed by atoms with Crippen LogP contribution in [0.2, 0.25) is 0 Å². The van der Waals surface area contributed by atoms with Crippen molar-refractivity contribution < 1.29 is 0 Å². The van der Waals surface area contributed by atoms with Crippen LogP contribution in [0.5, 0.6) is 0 Å². The van der Waals surface area contributed by atoms with Crippen molar-refractivity contribution in [3.8, 4) is 55.9 Å². The minimum atomic E-state index is -0.166. The Morgan fingerprint density at radius 2 is 0.614 bits per heavy atom. The molecule has 0 radical (unpaired) electrons. The quantitative estimate of drug-likeness (QED) is 0.167. The van der Waals surface area contributed by atoms with Crippen molar-refractivity contribution in [3.05, 3.63) is 241 Å². The van der Waals surface area contributed by atoms with Crippen LogP contribution in [-0.4, -0.2) is 9.13 Å². The molecule has 0 atom stereocenters. The van der Waals surface area contributed by atoms with Gasteiger partial charge in [0.15, 0.2) is 0 Å². The Bertz CT molecular complexity index is 4130. The summed E-state index contributed by atoms with van der Waals surface area (Å²) in [5.74, 6) is 0. The molecule has 13 aromatic rings. The van der Waals surface area contributed by atoms with Gasteiger partial charge in [0.25, 0.3) is 0 Å². The maximum Gasteiger partial charge on any atom is 0.0541 e. The van der Waals surface area contributed by atoms with Gasteiger partial charge in [-0.05, 0) is 173 Å². The molecule has 0 unspecified atom stereocenters. The van der Waals surface area contributed by atoms with Gasteiger partial charge in [-0.25, -0.2) is 0 Å². The van der Waals surface area contributed by atoms with E-state index in [2.05, 4.69) is 255 Å². The summed E-state index contributed by atoms with van der Waals surface area (Å²) in [7, 11) is 0. The molecule has 2 nitrogen and oxygen atoms in total. The van der Waals surface area contributed by atoms with Crippen LogP contribution >= 0.6 is 0 Å². The van der Waals surface area contributed by atoms with Gasteiger partial charge in [0, 0.05) is 43.7 Å². The monoisotopic (exact) mass is 892 g/mol. The number of fused-ring (bicyclic) bond motifs is 14. The van der Waals surface area contributed by atoms with E-state index in [1.165, 1.54) is 143 Å². The predicted molar refractivity (Wildman–Crippen MR) is 296 cm³/mol. The van der Waals surface area contributed by atoms with E-state index in [0.29, 0.717) is 0 Å². The molecular weight excluding hydrogens is 845 g/mol. The van der Waals surface area contributed by atoms with Crippen molar-refractivity contribution in [2.45, 2.75) is 38.5 Å². The topological polar surface area (TPSA) is 9.86 Å². The fraction of sp³-hybridized carbons (Fsp3) is 0.0882. The summed E-state index contributed by atoms with van der Waals surface area (Å²) in [4.78, 5) is 0. The lowest BCUT2D eigenvalue weighted by atomic mass is 9.79. The zero-order chi connectivity index (χ0) is 46.6. The van der Waals surface area contributed by atoms with Crippen LogP contribution in [0.1, 0.15) is 49.9 Å². The second kappa shape index (κ2) is 14.1. The van der Waals surface area contributed by atoms with Gasteiger partial charge in [0.1, 0.15) is 0 Å². The molecule has 0 spiro atoms. The number of benzene rings is 11. The molecule has 0 amide bonds. The zero-order valence-electron chi connectivity index (χ0n) is 39.7. The highest BCUT2D eigenvalue weighted by Gasteiger charge is 2.42. The Morgan fingerprint density at radius 3 is 1.07 bits per heavy atom. The lowest BCUT2D eigenvalue weighted by Gasteiger charge is -2.24. The fourth-order valence-electron chi connectivity index (χ4n) is 12.8. The number of rotatable bonds is 4. The summed E-state index contributed by atoms with van der Waals surface area (Å²) in [6, 6.07) is 82.2. The van der Waals surface area contributed by atoms with Gasteiger partial charge in [-0.3, -0.25) is 0 Å². The average Bonchev–Trinajstić information content (AvgIpc) is 4.05. The third-order valence-electron chi connectivity index (χ3n) is 16.5. The Balaban J connectivity index is 0.790. The lowest BCUT2D eigenvalue weighted by Crippen LogP contribution is -2.17. The minimum absolute atomic E-state index is 0.166. The van der Waals surface area contributed by atoms with Crippen LogP contribution in [0.25, 0.3) is 121 Å². The molecule has 330 valence electrons. The molecule has 70 heavy (non-hydrogen) atoms. The summed E-state index contributed by atoms with van der Waals surface area (Å²) < 4.78 is 4.85. The highest BCUT2D eigenvalue weighted by Crippen LogP contribution is 2.57. The predicted octanol–water partition coefficient (Wildman–Crippen LogP) is 18.1. The van der Waals surface area contributed by atoms with E-state index < -0.39 is 0 Å². The van der Waals surface area contributed by atoms with Gasteiger partial charge < -0.3 is 9.13 Å². The Morgan fingerprint density at radius 1 is 0.257 bits per heavy atom. The Labute approximate surface area is 407 Å². The number of para-hydroxylation sites is 2. The van der Waals surface area contributed by atoms with Crippen molar-refractivity contribution in [2.75, 3.05) is 0 Å². The second-order valence-corrected chi connectivity index (χ2v) is 20.9. The van der Waals surface area contributed by atoms with Crippen LogP contribution in [0.15, 0.2) is 218 Å². The minimum Gasteiger partial charge on any atom is -0.309 e. The first kappa shape index (κ1) is 39.5. The first-order chi connectivity index (χ1) is 34.2. The van der Waals surface area contributed by atoms with Gasteiger partial charge in [-0.1, -0.05) is 161 Å². The van der Waals surface area contributed by atoms with Gasteiger partial charge in [0.2, 0.25) is 0 Å². The largest absolute Gasteiger partial charge is 0.309 e. The summed E-state index contributed by atoms with van der Waals surface area (Å²) in [5.41, 5.74) is 23.0. The normalized spacial score (nSPS) is 14.2. The smallest absolute Gasteiger partial charge is 0.0541 e. The van der Waals surface area contributed by atoms with E-state index in [-0.39, 0.29) is 10.8 Å². The zero-order valence-corrected chi connectivity index (χ0v) is 39.7. The SMILES string of the molecule is CC1(C)c2cc(-c3ccc4c(c3)c3ccccc3n4-c3ccc4ccccc4c3)ccc2-c2cc3c(cc21)-c1ccc(-c2ccc4c(c2)c2ccccc2n4-c2ccc4ccccc4c2)cc1C3(C)C. The highest BCUT2D eigenvalue weighted by atomic mass is 15.0. The first-order valence-corrected chi connectivity index (χ1v) is 24.7. The summed E-state index contributed by atoms with van der Waals surface area (Å²) in [6.45, 7) is 9.69. The highest BCUT2D eigenvalue weighted by molar-refractivity contribution is 6.12. The Hall–Kier alpha value is -8.46. The molecule has 0 aliphatic heterocycles. The van der Waals surface area contributed by atoms with Crippen molar-refractivity contribution >= 4 is 65.2 Å². The summed E-state index contributed by atoms with van der Waals surface area (Å²) in [5, 5.41) is 10.1. The van der Waals surface area contributed by atoms with Crippen molar-refractivity contribution in [1.82, 2.24) is 9.13 Å². The van der Waals surface area contributed by atoms with Gasteiger partial charge in [0.05, 0.1) is 22.1 Å². The standard InChI is InChI=1S/C68H48N2/c1-67(2)59-37-47(45-25-31-65-57(35-45)53-17-9-11-19-63(53)69(65)49-27-21-41-13-5-7-15-43(41)33-49)23-29-51(59)55-40-62-56(39-61(55)67)52-30-24-48(38-60(52)68(62,3)4)46-26-32-66-58(36-46)54-18-10-12-20-64(54)70(66)50-28-22-42-14-6-8-16-44(42)34-50/h5-40H,1-4H3. The van der Waals surface area contributed by atoms with Crippen molar-refractivity contribution in [2.24, 2.45) is 0 Å². The van der Waals surface area contributed by atoms with E-state index in [1.807, 2.05) is 0 Å². The van der Waals surface area contributed by atoms with E-state index in [0.717, 1.165) is 0 Å². The van der Waals surface area contributed by atoms with Crippen LogP contribution < -0.4 is 0 Å². The number of hydrogen-bond acceptors (Lipinski definition) is 0. The molecule has 2 aromatic heterocycles. The summed E-state index contributed by atoms with van der Waals surface area (Å²) >= 11 is 0. The molecule has 15 rings (SSSR count). The molecule has 2 aliphatic rings. The Kier molecular flexibility index (Phi) is 7.94. The first-order valence-electron chi connectivity index (χ1n) is 24.7. The molecular formula is C68H48N2. The van der Waals surface area contributed by atoms with Crippen LogP contribution in [0.4, 0.5) is 0 Å². The van der Waals surface area contributed by atoms with Gasteiger partial charge in [-0.15, -0.1) is 0 Å². The van der Waals surface area contributed by atoms with E-state index in [4.69, 9.17) is 0 Å². The van der Waals surface area contributed by atoms with Crippen molar-refractivity contribution in [3.63, 3.8) is 0 Å². The molecule has 0 saturated heterocycles. The third kappa shape index (κ3) is 5.45.